The van der Waals surface area contributed by atoms with Crippen molar-refractivity contribution >= 4 is 39.2 Å². The third kappa shape index (κ3) is 3.78. The number of likely N-dealkylation sites (tertiary alicyclic amines) is 1. The van der Waals surface area contributed by atoms with Crippen molar-refractivity contribution in [3.8, 4) is 17.4 Å². The molecule has 1 fully saturated rings. The number of nitrogens with zero attached hydrogens (tertiary/aromatic N) is 2. The molecular weight excluding hydrogens is 418 g/mol. The minimum Gasteiger partial charge on any atom is -0.495 e. The molecule has 9 heteroatoms. The van der Waals surface area contributed by atoms with E-state index in [4.69, 9.17) is 19.9 Å². The maximum Gasteiger partial charge on any atom is 0.240 e. The van der Waals surface area contributed by atoms with Gasteiger partial charge in [-0.25, -0.2) is 4.98 Å². The largest absolute Gasteiger partial charge is 0.495 e. The Balaban J connectivity index is 1.99. The number of amides is 2. The van der Waals surface area contributed by atoms with Crippen LogP contribution in [0.25, 0.3) is 10.9 Å². The number of hydrogen-bond acceptors (Lipinski definition) is 6. The molecule has 0 radical (unpaired) electrons. The molecule has 2 aromatic rings. The first-order valence-corrected chi connectivity index (χ1v) is 9.24. The average molecular weight is 438 g/mol. The zero-order valence-electron chi connectivity index (χ0n) is 15.0. The highest BCUT2D eigenvalue weighted by molar-refractivity contribution is 9.10. The van der Waals surface area contributed by atoms with Crippen molar-refractivity contribution in [3.05, 3.63) is 22.7 Å². The van der Waals surface area contributed by atoms with E-state index in [1.807, 2.05) is 13.0 Å². The molecule has 8 nitrogen and oxygen atoms in total. The molecule has 2 atom stereocenters. The summed E-state index contributed by atoms with van der Waals surface area (Å²) in [5.74, 6) is 1.05. The minimum atomic E-state index is -0.668. The summed E-state index contributed by atoms with van der Waals surface area (Å²) in [6.07, 6.45) is 0.587. The minimum absolute atomic E-state index is 0.280. The average Bonchev–Trinajstić information content (AvgIpc) is 3.06. The molecular formula is C18H20BrN3O5. The van der Waals surface area contributed by atoms with Crippen LogP contribution in [0.1, 0.15) is 13.3 Å². The first-order valence-electron chi connectivity index (χ1n) is 8.45. The number of methoxy groups -OCH3 is 1. The van der Waals surface area contributed by atoms with Gasteiger partial charge < -0.3 is 24.8 Å². The Morgan fingerprint density at radius 2 is 2.22 bits per heavy atom. The van der Waals surface area contributed by atoms with Crippen LogP contribution in [0, 0.1) is 0 Å². The van der Waals surface area contributed by atoms with Crippen molar-refractivity contribution in [2.24, 2.45) is 5.73 Å². The fraction of sp³-hybridized carbons (Fsp3) is 0.389. The number of ether oxygens (including phenoxy) is 3. The predicted octanol–water partition coefficient (Wildman–Crippen LogP) is 1.87. The van der Waals surface area contributed by atoms with Gasteiger partial charge in [0.05, 0.1) is 30.3 Å². The van der Waals surface area contributed by atoms with Gasteiger partial charge in [-0.1, -0.05) is 0 Å². The molecule has 1 aliphatic rings. The topological polar surface area (TPSA) is 104 Å². The van der Waals surface area contributed by atoms with Crippen LogP contribution in [-0.2, 0) is 9.59 Å². The highest BCUT2D eigenvalue weighted by atomic mass is 79.9. The van der Waals surface area contributed by atoms with Crippen LogP contribution in [0.15, 0.2) is 22.7 Å². The van der Waals surface area contributed by atoms with Crippen LogP contribution in [0.2, 0.25) is 0 Å². The number of fused-ring (bicyclic) bond motifs is 1. The van der Waals surface area contributed by atoms with Gasteiger partial charge in [-0.15, -0.1) is 0 Å². The van der Waals surface area contributed by atoms with Gasteiger partial charge in [0, 0.05) is 17.9 Å². The Morgan fingerprint density at radius 1 is 1.44 bits per heavy atom. The summed E-state index contributed by atoms with van der Waals surface area (Å²) in [6.45, 7) is 2.59. The molecule has 0 aliphatic carbocycles. The molecule has 1 aliphatic heterocycles. The molecule has 1 unspecified atom stereocenters. The van der Waals surface area contributed by atoms with E-state index in [-0.39, 0.29) is 12.6 Å². The van der Waals surface area contributed by atoms with Crippen LogP contribution in [0.4, 0.5) is 0 Å². The number of aromatic nitrogens is 1. The van der Waals surface area contributed by atoms with E-state index in [9.17, 15) is 9.59 Å². The van der Waals surface area contributed by atoms with E-state index >= 15 is 0 Å². The third-order valence-corrected chi connectivity index (χ3v) is 5.16. The molecule has 1 aromatic heterocycles. The monoisotopic (exact) mass is 437 g/mol. The first kappa shape index (κ1) is 19.2. The van der Waals surface area contributed by atoms with Crippen LogP contribution in [0.3, 0.4) is 0 Å². The smallest absolute Gasteiger partial charge is 0.240 e. The second-order valence-corrected chi connectivity index (χ2v) is 6.86. The van der Waals surface area contributed by atoms with E-state index < -0.39 is 11.9 Å². The molecule has 1 aromatic carbocycles. The molecule has 0 bridgehead atoms. The predicted molar refractivity (Wildman–Crippen MR) is 102 cm³/mol. The zero-order chi connectivity index (χ0) is 19.6. The maximum atomic E-state index is 11.6. The van der Waals surface area contributed by atoms with E-state index in [0.29, 0.717) is 46.8 Å². The van der Waals surface area contributed by atoms with Crippen molar-refractivity contribution in [3.63, 3.8) is 0 Å². The lowest BCUT2D eigenvalue weighted by atomic mass is 10.1. The van der Waals surface area contributed by atoms with Gasteiger partial charge >= 0.3 is 0 Å². The molecule has 2 amide bonds. The van der Waals surface area contributed by atoms with Gasteiger partial charge in [0.25, 0.3) is 0 Å². The lowest BCUT2D eigenvalue weighted by molar-refractivity contribution is -0.128. The van der Waals surface area contributed by atoms with E-state index in [1.54, 1.807) is 19.2 Å². The van der Waals surface area contributed by atoms with Crippen LogP contribution < -0.4 is 19.9 Å². The summed E-state index contributed by atoms with van der Waals surface area (Å²) in [6, 6.07) is 4.68. The van der Waals surface area contributed by atoms with E-state index in [0.717, 1.165) is 5.39 Å². The molecule has 1 saturated heterocycles. The Bertz CT molecular complexity index is 876. The molecule has 0 saturated carbocycles. The summed E-state index contributed by atoms with van der Waals surface area (Å²) in [5, 5.41) is 0.756. The maximum absolute atomic E-state index is 11.6. The van der Waals surface area contributed by atoms with E-state index in [2.05, 4.69) is 20.9 Å². The summed E-state index contributed by atoms with van der Waals surface area (Å²) in [4.78, 5) is 28.6. The van der Waals surface area contributed by atoms with Gasteiger partial charge in [0.15, 0.2) is 0 Å². The Hall–Kier alpha value is -2.55. The molecule has 27 heavy (non-hydrogen) atoms. The van der Waals surface area contributed by atoms with Gasteiger partial charge in [-0.05, 0) is 35.0 Å². The first-order chi connectivity index (χ1) is 13.0. The Morgan fingerprint density at radius 3 is 2.81 bits per heavy atom. The fourth-order valence-electron chi connectivity index (χ4n) is 3.15. The van der Waals surface area contributed by atoms with Crippen molar-refractivity contribution in [2.45, 2.75) is 25.5 Å². The highest BCUT2D eigenvalue weighted by Gasteiger charge is 2.36. The molecule has 0 spiro atoms. The number of carbonyl (C=O) groups excluding carboxylic acids is 2. The Kier molecular flexibility index (Phi) is 5.69. The fourth-order valence-corrected chi connectivity index (χ4v) is 3.74. The number of primary amides is 1. The number of carbonyl (C=O) groups is 2. The molecule has 144 valence electrons. The molecule has 3 rings (SSSR count). The number of halogens is 1. The lowest BCUT2D eigenvalue weighted by Crippen LogP contribution is -2.39. The van der Waals surface area contributed by atoms with Gasteiger partial charge in [-0.3, -0.25) is 9.59 Å². The number of nitrogens with two attached hydrogens (primary N) is 1. The third-order valence-electron chi connectivity index (χ3n) is 4.39. The van der Waals surface area contributed by atoms with Crippen LogP contribution in [-0.4, -0.2) is 54.6 Å². The second kappa shape index (κ2) is 7.99. The normalized spacial score (nSPS) is 19.1. The zero-order valence-corrected chi connectivity index (χ0v) is 16.6. The van der Waals surface area contributed by atoms with Crippen LogP contribution in [0.5, 0.6) is 17.4 Å². The van der Waals surface area contributed by atoms with Crippen molar-refractivity contribution in [2.75, 3.05) is 20.3 Å². The van der Waals surface area contributed by atoms with Crippen molar-refractivity contribution in [1.82, 2.24) is 9.88 Å². The quantitative estimate of drug-likeness (QED) is 0.662. The number of hydrogen-bond donors (Lipinski definition) is 1. The number of pyridine rings is 1. The molecule has 2 N–H and O–H groups in total. The number of benzene rings is 1. The summed E-state index contributed by atoms with van der Waals surface area (Å²) < 4.78 is 17.7. The Labute approximate surface area is 164 Å². The van der Waals surface area contributed by atoms with Gasteiger partial charge in [0.2, 0.25) is 18.2 Å². The summed E-state index contributed by atoms with van der Waals surface area (Å²) >= 11 is 3.51. The lowest BCUT2D eigenvalue weighted by Gasteiger charge is -2.17. The van der Waals surface area contributed by atoms with E-state index in [1.165, 1.54) is 4.90 Å². The van der Waals surface area contributed by atoms with Crippen LogP contribution >= 0.6 is 15.9 Å². The molecule has 2 heterocycles. The van der Waals surface area contributed by atoms with Gasteiger partial charge in [-0.2, -0.15) is 0 Å². The SMILES string of the molecule is CCOc1cc(O[C@@H]2CC(C(N)=O)N(C=O)C2)c2ccc(OC)c(Br)c2n1. The highest BCUT2D eigenvalue weighted by Crippen LogP contribution is 2.38. The van der Waals surface area contributed by atoms with Crippen molar-refractivity contribution < 1.29 is 23.8 Å². The number of rotatable bonds is 7. The summed E-state index contributed by atoms with van der Waals surface area (Å²) in [7, 11) is 1.58. The van der Waals surface area contributed by atoms with Crippen molar-refractivity contribution in [1.29, 1.82) is 0 Å². The standard InChI is InChI=1S/C18H20BrN3O5/c1-3-26-15-7-14(11-4-5-13(25-2)16(19)17(11)21-15)27-10-6-12(18(20)24)22(8-10)9-23/h4-5,7,9-10,12H,3,6,8H2,1-2H3,(H2,20,24)/t10-,12?/m1/s1. The summed E-state index contributed by atoms with van der Waals surface area (Å²) in [5.41, 5.74) is 6.01. The van der Waals surface area contributed by atoms with Gasteiger partial charge in [0.1, 0.15) is 23.6 Å². The second-order valence-electron chi connectivity index (χ2n) is 6.07.